The number of carbonyl (C=O) groups excluding carboxylic acids is 1. The second kappa shape index (κ2) is 7.51. The van der Waals surface area contributed by atoms with Crippen LogP contribution in [0.1, 0.15) is 5.56 Å². The molecule has 2 aromatic rings. The van der Waals surface area contributed by atoms with E-state index in [0.717, 1.165) is 17.0 Å². The van der Waals surface area contributed by atoms with Crippen LogP contribution < -0.4 is 15.5 Å². The molecule has 0 fully saturated rings. The quantitative estimate of drug-likeness (QED) is 0.656. The van der Waals surface area contributed by atoms with Gasteiger partial charge in [0, 0.05) is 11.8 Å². The summed E-state index contributed by atoms with van der Waals surface area (Å²) in [5.74, 6) is -1.01. The van der Waals surface area contributed by atoms with Gasteiger partial charge in [-0.3, -0.25) is 9.69 Å². The summed E-state index contributed by atoms with van der Waals surface area (Å²) >= 11 is 5.92. The summed E-state index contributed by atoms with van der Waals surface area (Å²) in [6, 6.07) is 10.0. The zero-order valence-electron chi connectivity index (χ0n) is 14.3. The molecule has 0 radical (unpaired) electrons. The van der Waals surface area contributed by atoms with Crippen LogP contribution in [-0.2, 0) is 11.0 Å². The fourth-order valence-electron chi connectivity index (χ4n) is 2.66. The molecule has 154 valence electrons. The van der Waals surface area contributed by atoms with Gasteiger partial charge in [0.25, 0.3) is 5.91 Å². The highest BCUT2D eigenvalue weighted by Gasteiger charge is 2.41. The Kier molecular flexibility index (Phi) is 5.40. The number of nitrogens with zero attached hydrogens (tertiary/aromatic N) is 1. The normalized spacial score (nSPS) is 17.6. The van der Waals surface area contributed by atoms with E-state index in [1.165, 1.54) is 12.1 Å². The number of nitrogens with one attached hydrogen (secondary N) is 2. The van der Waals surface area contributed by atoms with Crippen LogP contribution in [0, 0.1) is 0 Å². The van der Waals surface area contributed by atoms with Crippen LogP contribution in [0.3, 0.4) is 0 Å². The van der Waals surface area contributed by atoms with Crippen LogP contribution in [0.4, 0.5) is 37.7 Å². The van der Waals surface area contributed by atoms with Crippen LogP contribution in [-0.4, -0.2) is 18.4 Å². The van der Waals surface area contributed by atoms with Crippen molar-refractivity contribution in [3.05, 3.63) is 70.9 Å². The maximum Gasteiger partial charge on any atom is 0.431 e. The highest BCUT2D eigenvalue weighted by Crippen LogP contribution is 2.35. The Morgan fingerprint density at radius 3 is 2.21 bits per heavy atom. The van der Waals surface area contributed by atoms with Gasteiger partial charge in [-0.05, 0) is 30.3 Å². The van der Waals surface area contributed by atoms with Crippen LogP contribution in [0.15, 0.2) is 60.3 Å². The zero-order valence-corrected chi connectivity index (χ0v) is 15.0. The molecular weight excluding hydrogens is 424 g/mol. The molecule has 11 heteroatoms. The first-order chi connectivity index (χ1) is 13.5. The van der Waals surface area contributed by atoms with Crippen molar-refractivity contribution in [2.45, 2.75) is 18.6 Å². The van der Waals surface area contributed by atoms with Gasteiger partial charge in [0.1, 0.15) is 5.70 Å². The van der Waals surface area contributed by atoms with Crippen molar-refractivity contribution >= 4 is 28.9 Å². The maximum absolute atomic E-state index is 13.2. The summed E-state index contributed by atoms with van der Waals surface area (Å²) in [6.45, 7) is 0. The molecule has 4 nitrogen and oxygen atoms in total. The number of alkyl halides is 6. The highest BCUT2D eigenvalue weighted by molar-refractivity contribution is 6.33. The van der Waals surface area contributed by atoms with Gasteiger partial charge in [-0.25, -0.2) is 0 Å². The fourth-order valence-corrected chi connectivity index (χ4v) is 2.83. The van der Waals surface area contributed by atoms with Crippen LogP contribution in [0.25, 0.3) is 0 Å². The van der Waals surface area contributed by atoms with E-state index in [2.05, 4.69) is 10.6 Å². The Labute approximate surface area is 165 Å². The topological polar surface area (TPSA) is 44.4 Å². The third kappa shape index (κ3) is 4.58. The molecule has 2 N–H and O–H groups in total. The smallest absolute Gasteiger partial charge is 0.347 e. The minimum absolute atomic E-state index is 0.164. The van der Waals surface area contributed by atoms with Gasteiger partial charge in [-0.1, -0.05) is 29.8 Å². The molecule has 0 aromatic heterocycles. The largest absolute Gasteiger partial charge is 0.431 e. The van der Waals surface area contributed by atoms with E-state index in [-0.39, 0.29) is 16.4 Å². The summed E-state index contributed by atoms with van der Waals surface area (Å²) in [7, 11) is 0. The van der Waals surface area contributed by atoms with Gasteiger partial charge in [-0.2, -0.15) is 26.3 Å². The zero-order chi connectivity index (χ0) is 21.4. The van der Waals surface area contributed by atoms with E-state index in [0.29, 0.717) is 12.1 Å². The molecular formula is C18H12ClF6N3O. The minimum Gasteiger partial charge on any atom is -0.347 e. The Balaban J connectivity index is 2.02. The van der Waals surface area contributed by atoms with E-state index in [4.69, 9.17) is 11.6 Å². The number of halogens is 7. The van der Waals surface area contributed by atoms with Crippen molar-refractivity contribution in [3.8, 4) is 0 Å². The molecule has 1 aliphatic rings. The molecule has 29 heavy (non-hydrogen) atoms. The third-order valence-corrected chi connectivity index (χ3v) is 4.31. The molecule has 1 amide bonds. The van der Waals surface area contributed by atoms with Crippen molar-refractivity contribution in [2.24, 2.45) is 0 Å². The van der Waals surface area contributed by atoms with Gasteiger partial charge >= 0.3 is 12.4 Å². The average Bonchev–Trinajstić information content (AvgIpc) is 2.62. The summed E-state index contributed by atoms with van der Waals surface area (Å²) in [5, 5.41) is 4.40. The molecule has 3 rings (SSSR count). The van der Waals surface area contributed by atoms with Crippen molar-refractivity contribution < 1.29 is 31.1 Å². The minimum atomic E-state index is -4.87. The Morgan fingerprint density at radius 1 is 0.966 bits per heavy atom. The number of benzene rings is 2. The molecule has 1 aliphatic heterocycles. The predicted octanol–water partition coefficient (Wildman–Crippen LogP) is 5.14. The lowest BCUT2D eigenvalue weighted by atomic mass is 10.2. The average molecular weight is 436 g/mol. The molecule has 0 spiro atoms. The first kappa shape index (κ1) is 20.8. The van der Waals surface area contributed by atoms with E-state index in [1.54, 1.807) is 18.2 Å². The summed E-state index contributed by atoms with van der Waals surface area (Å²) in [5.41, 5.74) is -2.46. The van der Waals surface area contributed by atoms with E-state index >= 15 is 0 Å². The highest BCUT2D eigenvalue weighted by atomic mass is 35.5. The molecule has 1 heterocycles. The number of hydrogen-bond acceptors (Lipinski definition) is 3. The molecule has 0 aliphatic carbocycles. The van der Waals surface area contributed by atoms with Crippen molar-refractivity contribution in [2.75, 3.05) is 10.2 Å². The SMILES string of the molecule is O=C1C=C(C(F)(F)F)NC(Nc2cc(C(F)(F)F)ccc2Cl)N1c1ccccc1. The number of carbonyl (C=O) groups is 1. The molecule has 0 saturated heterocycles. The molecule has 0 saturated carbocycles. The molecule has 0 bridgehead atoms. The number of para-hydroxylation sites is 1. The van der Waals surface area contributed by atoms with Gasteiger partial charge < -0.3 is 10.6 Å². The summed E-state index contributed by atoms with van der Waals surface area (Å²) in [6.07, 6.45) is -10.7. The maximum atomic E-state index is 13.2. The number of amides is 1. The second-order valence-corrected chi connectivity index (χ2v) is 6.39. The number of rotatable bonds is 3. The van der Waals surface area contributed by atoms with Crippen molar-refractivity contribution in [1.82, 2.24) is 5.32 Å². The lowest BCUT2D eigenvalue weighted by Crippen LogP contribution is -2.58. The van der Waals surface area contributed by atoms with Crippen molar-refractivity contribution in [1.29, 1.82) is 0 Å². The first-order valence-electron chi connectivity index (χ1n) is 8.04. The first-order valence-corrected chi connectivity index (χ1v) is 8.41. The predicted molar refractivity (Wildman–Crippen MR) is 95.1 cm³/mol. The van der Waals surface area contributed by atoms with Crippen LogP contribution >= 0.6 is 11.6 Å². The standard InChI is InChI=1S/C18H12ClF6N3O/c19-12-7-6-10(17(20,21)22)8-13(12)26-16-27-14(18(23,24)25)9-15(29)28(16)11-4-2-1-3-5-11/h1-9,16,26-27H. The van der Waals surface area contributed by atoms with Crippen LogP contribution in [0.2, 0.25) is 5.02 Å². The van der Waals surface area contributed by atoms with Crippen LogP contribution in [0.5, 0.6) is 0 Å². The third-order valence-electron chi connectivity index (χ3n) is 3.98. The Bertz CT molecular complexity index is 943. The van der Waals surface area contributed by atoms with Crippen molar-refractivity contribution in [3.63, 3.8) is 0 Å². The lowest BCUT2D eigenvalue weighted by Gasteiger charge is -2.37. The second-order valence-electron chi connectivity index (χ2n) is 5.98. The van der Waals surface area contributed by atoms with E-state index in [1.807, 2.05) is 0 Å². The van der Waals surface area contributed by atoms with E-state index < -0.39 is 35.8 Å². The molecule has 1 unspecified atom stereocenters. The van der Waals surface area contributed by atoms with Gasteiger partial charge in [-0.15, -0.1) is 0 Å². The van der Waals surface area contributed by atoms with Gasteiger partial charge in [0.2, 0.25) is 0 Å². The van der Waals surface area contributed by atoms with E-state index in [9.17, 15) is 31.1 Å². The summed E-state index contributed by atoms with van der Waals surface area (Å²) < 4.78 is 78.4. The molecule has 1 atom stereocenters. The number of hydrogen-bond donors (Lipinski definition) is 2. The number of allylic oxidation sites excluding steroid dienone is 1. The summed E-state index contributed by atoms with van der Waals surface area (Å²) in [4.78, 5) is 13.4. The Morgan fingerprint density at radius 2 is 1.62 bits per heavy atom. The monoisotopic (exact) mass is 435 g/mol. The number of anilines is 2. The Hall–Kier alpha value is -2.88. The van der Waals surface area contributed by atoms with Gasteiger partial charge in [0.15, 0.2) is 6.29 Å². The molecule has 2 aromatic carbocycles. The van der Waals surface area contributed by atoms with Gasteiger partial charge in [0.05, 0.1) is 16.3 Å². The lowest BCUT2D eigenvalue weighted by molar-refractivity contribution is -0.137. The fraction of sp³-hybridized carbons (Fsp3) is 0.167.